The highest BCUT2D eigenvalue weighted by Crippen LogP contribution is 2.33. The van der Waals surface area contributed by atoms with Crippen LogP contribution in [0.5, 0.6) is 11.5 Å². The predicted octanol–water partition coefficient (Wildman–Crippen LogP) is 5.36. The number of benzene rings is 3. The molecule has 2 amide bonds. The molecular formula is C30H34N2O5. The lowest BCUT2D eigenvalue weighted by Gasteiger charge is -2.32. The zero-order valence-electron chi connectivity index (χ0n) is 21.8. The van der Waals surface area contributed by atoms with Gasteiger partial charge in [0.25, 0.3) is 11.8 Å². The summed E-state index contributed by atoms with van der Waals surface area (Å²) in [6.07, 6.45) is 1.07. The number of likely N-dealkylation sites (tertiary alicyclic amines) is 1. The quantitative estimate of drug-likeness (QED) is 0.449. The van der Waals surface area contributed by atoms with E-state index < -0.39 is 6.10 Å². The molecule has 0 saturated carbocycles. The molecule has 0 unspecified atom stereocenters. The predicted molar refractivity (Wildman–Crippen MR) is 143 cm³/mol. The molecule has 7 nitrogen and oxygen atoms in total. The summed E-state index contributed by atoms with van der Waals surface area (Å²) in [5.74, 6) is 1.42. The van der Waals surface area contributed by atoms with Crippen molar-refractivity contribution >= 4 is 17.5 Å². The van der Waals surface area contributed by atoms with Crippen LogP contribution in [0.4, 0.5) is 5.69 Å². The van der Waals surface area contributed by atoms with Gasteiger partial charge in [-0.1, -0.05) is 42.5 Å². The van der Waals surface area contributed by atoms with E-state index >= 15 is 0 Å². The molecule has 1 saturated heterocycles. The number of amides is 2. The highest BCUT2D eigenvalue weighted by molar-refractivity contribution is 5.96. The highest BCUT2D eigenvalue weighted by atomic mass is 16.5. The first-order valence-corrected chi connectivity index (χ1v) is 12.5. The fourth-order valence-electron chi connectivity index (χ4n) is 4.88. The summed E-state index contributed by atoms with van der Waals surface area (Å²) in [7, 11) is 4.72. The van der Waals surface area contributed by atoms with Gasteiger partial charge in [-0.3, -0.25) is 9.59 Å². The highest BCUT2D eigenvalue weighted by Gasteiger charge is 2.26. The molecule has 4 rings (SSSR count). The number of piperidine rings is 1. The average molecular weight is 503 g/mol. The first kappa shape index (κ1) is 26.2. The first-order valence-electron chi connectivity index (χ1n) is 12.5. The number of anilines is 1. The van der Waals surface area contributed by atoms with Crippen molar-refractivity contribution in [2.45, 2.75) is 31.8 Å². The molecule has 7 heteroatoms. The Balaban J connectivity index is 1.35. The minimum atomic E-state index is -0.670. The van der Waals surface area contributed by atoms with Crippen LogP contribution in [0.15, 0.2) is 66.7 Å². The minimum Gasteiger partial charge on any atom is -0.496 e. The number of carbonyl (C=O) groups excluding carboxylic acids is 2. The molecule has 0 aromatic heterocycles. The summed E-state index contributed by atoms with van der Waals surface area (Å²) in [6.45, 7) is 3.26. The zero-order valence-corrected chi connectivity index (χ0v) is 21.8. The fraction of sp³-hybridized carbons (Fsp3) is 0.333. The number of ether oxygens (including phenoxy) is 3. The first-order chi connectivity index (χ1) is 17.9. The third-order valence-electron chi connectivity index (χ3n) is 7.01. The van der Waals surface area contributed by atoms with Gasteiger partial charge < -0.3 is 24.4 Å². The van der Waals surface area contributed by atoms with E-state index in [-0.39, 0.29) is 11.8 Å². The zero-order chi connectivity index (χ0) is 26.4. The standard InChI is InChI=1S/C30H34N2O5/c1-20-26(35-2)18-24(19-27(20)36-3)30(34)32-16-14-22(15-17-32)21-10-12-25(13-11-21)31-29(33)28(37-4)23-8-6-5-7-9-23/h5-13,18-19,22,28H,14-17H2,1-4H3,(H,31,33)/t28-/m1/s1. The molecule has 1 aliphatic rings. The molecule has 1 aliphatic heterocycles. The summed E-state index contributed by atoms with van der Waals surface area (Å²) in [5.41, 5.74) is 4.18. The van der Waals surface area contributed by atoms with Crippen molar-refractivity contribution in [3.63, 3.8) is 0 Å². The summed E-state index contributed by atoms with van der Waals surface area (Å²) in [5, 5.41) is 2.95. The summed E-state index contributed by atoms with van der Waals surface area (Å²) < 4.78 is 16.3. The van der Waals surface area contributed by atoms with Crippen LogP contribution >= 0.6 is 0 Å². The number of hydrogen-bond donors (Lipinski definition) is 1. The second-order valence-electron chi connectivity index (χ2n) is 9.21. The van der Waals surface area contributed by atoms with Gasteiger partial charge in [0.1, 0.15) is 11.5 Å². The van der Waals surface area contributed by atoms with Crippen molar-refractivity contribution in [3.05, 3.63) is 89.0 Å². The topological polar surface area (TPSA) is 77.1 Å². The van der Waals surface area contributed by atoms with E-state index in [0.717, 1.165) is 29.7 Å². The molecule has 0 aliphatic carbocycles. The van der Waals surface area contributed by atoms with Crippen molar-refractivity contribution in [1.29, 1.82) is 0 Å². The van der Waals surface area contributed by atoms with Crippen LogP contribution in [0, 0.1) is 6.92 Å². The van der Waals surface area contributed by atoms with Crippen LogP contribution in [0.1, 0.15) is 51.9 Å². The van der Waals surface area contributed by atoms with Crippen molar-refractivity contribution in [2.75, 3.05) is 39.7 Å². The van der Waals surface area contributed by atoms with Gasteiger partial charge >= 0.3 is 0 Å². The maximum absolute atomic E-state index is 13.2. The van der Waals surface area contributed by atoms with Crippen molar-refractivity contribution < 1.29 is 23.8 Å². The lowest BCUT2D eigenvalue weighted by atomic mass is 9.89. The van der Waals surface area contributed by atoms with E-state index in [0.29, 0.717) is 36.1 Å². The molecule has 1 heterocycles. The monoisotopic (exact) mass is 502 g/mol. The third-order valence-corrected chi connectivity index (χ3v) is 7.01. The van der Waals surface area contributed by atoms with Crippen LogP contribution < -0.4 is 14.8 Å². The number of methoxy groups -OCH3 is 3. The maximum Gasteiger partial charge on any atom is 0.258 e. The SMILES string of the molecule is COc1cc(C(=O)N2CCC(c3ccc(NC(=O)[C@H](OC)c4ccccc4)cc3)CC2)cc(OC)c1C. The normalized spacial score (nSPS) is 14.6. The van der Waals surface area contributed by atoms with E-state index in [2.05, 4.69) is 17.4 Å². The summed E-state index contributed by atoms with van der Waals surface area (Å²) in [6, 6.07) is 20.9. The Bertz CT molecular complexity index is 1190. The third kappa shape index (κ3) is 5.94. The minimum absolute atomic E-state index is 0.0146. The van der Waals surface area contributed by atoms with Crippen LogP contribution in [0.25, 0.3) is 0 Å². The van der Waals surface area contributed by atoms with Gasteiger partial charge in [-0.25, -0.2) is 0 Å². The molecule has 194 valence electrons. The Morgan fingerprint density at radius 2 is 1.49 bits per heavy atom. The van der Waals surface area contributed by atoms with Crippen molar-refractivity contribution in [3.8, 4) is 11.5 Å². The van der Waals surface area contributed by atoms with Gasteiger partial charge in [0.2, 0.25) is 0 Å². The van der Waals surface area contributed by atoms with Crippen LogP contribution in [-0.4, -0.2) is 51.1 Å². The van der Waals surface area contributed by atoms with E-state index in [1.807, 2.05) is 54.3 Å². The van der Waals surface area contributed by atoms with E-state index in [9.17, 15) is 9.59 Å². The Hall–Kier alpha value is -3.84. The number of nitrogens with one attached hydrogen (secondary N) is 1. The lowest BCUT2D eigenvalue weighted by Crippen LogP contribution is -2.38. The number of hydrogen-bond acceptors (Lipinski definition) is 5. The van der Waals surface area contributed by atoms with Gasteiger partial charge in [-0.2, -0.15) is 0 Å². The van der Waals surface area contributed by atoms with E-state index in [1.54, 1.807) is 26.4 Å². The second kappa shape index (κ2) is 11.9. The molecule has 0 radical (unpaired) electrons. The van der Waals surface area contributed by atoms with E-state index in [1.165, 1.54) is 12.7 Å². The van der Waals surface area contributed by atoms with Crippen molar-refractivity contribution in [1.82, 2.24) is 4.90 Å². The summed E-state index contributed by atoms with van der Waals surface area (Å²) >= 11 is 0. The fourth-order valence-corrected chi connectivity index (χ4v) is 4.88. The Labute approximate surface area is 218 Å². The Morgan fingerprint density at radius 1 is 0.892 bits per heavy atom. The van der Waals surface area contributed by atoms with E-state index in [4.69, 9.17) is 14.2 Å². The van der Waals surface area contributed by atoms with Crippen LogP contribution in [0.2, 0.25) is 0 Å². The second-order valence-corrected chi connectivity index (χ2v) is 9.21. The largest absolute Gasteiger partial charge is 0.496 e. The maximum atomic E-state index is 13.2. The average Bonchev–Trinajstić information content (AvgIpc) is 2.94. The van der Waals surface area contributed by atoms with Crippen molar-refractivity contribution in [2.24, 2.45) is 0 Å². The number of carbonyl (C=O) groups is 2. The molecule has 1 atom stereocenters. The Morgan fingerprint density at radius 3 is 2.03 bits per heavy atom. The summed E-state index contributed by atoms with van der Waals surface area (Å²) in [4.78, 5) is 27.8. The van der Waals surface area contributed by atoms with Gasteiger partial charge in [0.15, 0.2) is 6.10 Å². The van der Waals surface area contributed by atoms with Crippen LogP contribution in [0.3, 0.4) is 0 Å². The molecule has 3 aromatic carbocycles. The Kier molecular flexibility index (Phi) is 8.46. The van der Waals surface area contributed by atoms with Gasteiger partial charge in [-0.05, 0) is 61.1 Å². The molecule has 0 spiro atoms. The lowest BCUT2D eigenvalue weighted by molar-refractivity contribution is -0.126. The molecule has 1 fully saturated rings. The van der Waals surface area contributed by atoms with Gasteiger partial charge in [0, 0.05) is 37.0 Å². The number of rotatable bonds is 8. The van der Waals surface area contributed by atoms with Gasteiger partial charge in [0.05, 0.1) is 14.2 Å². The van der Waals surface area contributed by atoms with Crippen LogP contribution in [-0.2, 0) is 9.53 Å². The smallest absolute Gasteiger partial charge is 0.258 e. The molecule has 0 bridgehead atoms. The molecule has 37 heavy (non-hydrogen) atoms. The molecular weight excluding hydrogens is 468 g/mol. The molecule has 1 N–H and O–H groups in total. The number of nitrogens with zero attached hydrogens (tertiary/aromatic N) is 1. The van der Waals surface area contributed by atoms with Gasteiger partial charge in [-0.15, -0.1) is 0 Å². The molecule has 3 aromatic rings.